The number of anilines is 1. The third kappa shape index (κ3) is 6.35. The Morgan fingerprint density at radius 2 is 1.90 bits per heavy atom. The molecule has 0 spiro atoms. The maximum atomic E-state index is 11.7. The fourth-order valence-electron chi connectivity index (χ4n) is 1.91. The zero-order chi connectivity index (χ0) is 15.7. The highest BCUT2D eigenvalue weighted by atomic mass is 16.2. The lowest BCUT2D eigenvalue weighted by Crippen LogP contribution is -2.37. The van der Waals surface area contributed by atoms with Crippen LogP contribution in [0, 0.1) is 6.92 Å². The Morgan fingerprint density at radius 1 is 1.19 bits per heavy atom. The summed E-state index contributed by atoms with van der Waals surface area (Å²) in [6.45, 7) is 9.41. The molecular weight excluding hydrogens is 268 g/mol. The van der Waals surface area contributed by atoms with E-state index in [-0.39, 0.29) is 0 Å². The smallest absolute Gasteiger partial charge is 0.314 e. The van der Waals surface area contributed by atoms with Gasteiger partial charge in [0, 0.05) is 12.2 Å². The van der Waals surface area contributed by atoms with Crippen molar-refractivity contribution in [3.8, 4) is 0 Å². The highest BCUT2D eigenvalue weighted by Crippen LogP contribution is 2.03. The first kappa shape index (κ1) is 17.1. The molecule has 0 aliphatic rings. The molecular formula is C15H24N4O2. The number of pyridine rings is 1. The van der Waals surface area contributed by atoms with Gasteiger partial charge in [-0.25, -0.2) is 4.98 Å². The summed E-state index contributed by atoms with van der Waals surface area (Å²) in [4.78, 5) is 29.7. The molecule has 0 fully saturated rings. The van der Waals surface area contributed by atoms with Crippen molar-refractivity contribution < 1.29 is 9.59 Å². The van der Waals surface area contributed by atoms with Crippen LogP contribution in [0.25, 0.3) is 0 Å². The lowest BCUT2D eigenvalue weighted by molar-refractivity contribution is -0.136. The van der Waals surface area contributed by atoms with E-state index in [4.69, 9.17) is 0 Å². The molecule has 116 valence electrons. The molecule has 0 unspecified atom stereocenters. The van der Waals surface area contributed by atoms with E-state index in [0.29, 0.717) is 12.4 Å². The predicted molar refractivity (Wildman–Crippen MR) is 83.0 cm³/mol. The van der Waals surface area contributed by atoms with Crippen LogP contribution < -0.4 is 10.6 Å². The van der Waals surface area contributed by atoms with Gasteiger partial charge < -0.3 is 15.5 Å². The number of aryl methyl sites for hydroxylation is 1. The molecule has 0 aliphatic carbocycles. The molecule has 21 heavy (non-hydrogen) atoms. The molecule has 0 saturated carbocycles. The van der Waals surface area contributed by atoms with E-state index >= 15 is 0 Å². The first-order chi connectivity index (χ1) is 10.1. The minimum Gasteiger partial charge on any atom is -0.348 e. The summed E-state index contributed by atoms with van der Waals surface area (Å²) in [5.74, 6) is -0.924. The maximum absolute atomic E-state index is 11.7. The molecule has 0 aromatic carbocycles. The van der Waals surface area contributed by atoms with Crippen LogP contribution >= 0.6 is 0 Å². The van der Waals surface area contributed by atoms with Crippen molar-refractivity contribution in [2.45, 2.75) is 27.2 Å². The predicted octanol–water partition coefficient (Wildman–Crippen LogP) is 1.18. The van der Waals surface area contributed by atoms with Gasteiger partial charge in [0.25, 0.3) is 0 Å². The Kier molecular flexibility index (Phi) is 7.39. The lowest BCUT2D eigenvalue weighted by atomic mass is 10.3. The number of carbonyl (C=O) groups excluding carboxylic acids is 2. The molecule has 6 nitrogen and oxygen atoms in total. The monoisotopic (exact) mass is 292 g/mol. The Hall–Kier alpha value is -1.95. The van der Waals surface area contributed by atoms with E-state index in [9.17, 15) is 9.59 Å². The van der Waals surface area contributed by atoms with E-state index in [1.165, 1.54) is 0 Å². The number of amides is 2. The minimum absolute atomic E-state index is 0.387. The highest BCUT2D eigenvalue weighted by Gasteiger charge is 2.13. The number of hydrogen-bond acceptors (Lipinski definition) is 4. The van der Waals surface area contributed by atoms with Crippen LogP contribution in [0.2, 0.25) is 0 Å². The third-order valence-electron chi connectivity index (χ3n) is 3.17. The molecule has 0 aliphatic heterocycles. The first-order valence-corrected chi connectivity index (χ1v) is 7.32. The molecule has 2 N–H and O–H groups in total. The largest absolute Gasteiger partial charge is 0.348 e. The molecule has 0 atom stereocenters. The third-order valence-corrected chi connectivity index (χ3v) is 3.17. The average molecular weight is 292 g/mol. The van der Waals surface area contributed by atoms with Crippen molar-refractivity contribution in [1.29, 1.82) is 0 Å². The van der Waals surface area contributed by atoms with Crippen LogP contribution in [-0.2, 0) is 9.59 Å². The zero-order valence-electron chi connectivity index (χ0n) is 13.0. The summed E-state index contributed by atoms with van der Waals surface area (Å²) in [5, 5.41) is 5.10. The number of rotatable bonds is 7. The van der Waals surface area contributed by atoms with Gasteiger partial charge in [0.15, 0.2) is 0 Å². The minimum atomic E-state index is -0.684. The Balaban J connectivity index is 2.30. The Bertz CT molecular complexity index is 472. The molecule has 2 amide bonds. The summed E-state index contributed by atoms with van der Waals surface area (Å²) < 4.78 is 0. The summed E-state index contributed by atoms with van der Waals surface area (Å²) in [7, 11) is 0. The van der Waals surface area contributed by atoms with Crippen LogP contribution in [0.5, 0.6) is 0 Å². The summed E-state index contributed by atoms with van der Waals surface area (Å²) in [5.41, 5.74) is 0.785. The van der Waals surface area contributed by atoms with E-state index in [2.05, 4.69) is 34.4 Å². The lowest BCUT2D eigenvalue weighted by Gasteiger charge is -2.17. The van der Waals surface area contributed by atoms with Crippen molar-refractivity contribution >= 4 is 17.6 Å². The van der Waals surface area contributed by atoms with Crippen LogP contribution in [-0.4, -0.2) is 47.9 Å². The average Bonchev–Trinajstić information content (AvgIpc) is 2.47. The fourth-order valence-corrected chi connectivity index (χ4v) is 1.91. The van der Waals surface area contributed by atoms with Crippen molar-refractivity contribution in [1.82, 2.24) is 15.2 Å². The van der Waals surface area contributed by atoms with Gasteiger partial charge in [0.05, 0.1) is 0 Å². The quantitative estimate of drug-likeness (QED) is 0.584. The van der Waals surface area contributed by atoms with Gasteiger partial charge in [-0.05, 0) is 45.1 Å². The van der Waals surface area contributed by atoms with Gasteiger partial charge in [-0.3, -0.25) is 9.59 Å². The second-order valence-electron chi connectivity index (χ2n) is 4.75. The number of nitrogens with zero attached hydrogens (tertiary/aromatic N) is 2. The van der Waals surface area contributed by atoms with Crippen LogP contribution in [0.3, 0.4) is 0 Å². The van der Waals surface area contributed by atoms with Gasteiger partial charge in [-0.1, -0.05) is 19.9 Å². The number of nitrogens with one attached hydrogen (secondary N) is 2. The Labute approximate surface area is 125 Å². The number of hydrogen-bond donors (Lipinski definition) is 2. The molecule has 1 aromatic heterocycles. The topological polar surface area (TPSA) is 74.3 Å². The van der Waals surface area contributed by atoms with E-state index < -0.39 is 11.8 Å². The van der Waals surface area contributed by atoms with E-state index in [1.807, 2.05) is 13.0 Å². The molecule has 1 heterocycles. The number of aromatic nitrogens is 1. The second-order valence-corrected chi connectivity index (χ2v) is 4.75. The van der Waals surface area contributed by atoms with Crippen LogP contribution in [0.4, 0.5) is 5.82 Å². The van der Waals surface area contributed by atoms with Crippen molar-refractivity contribution in [3.05, 3.63) is 23.9 Å². The molecule has 1 rings (SSSR count). The maximum Gasteiger partial charge on any atom is 0.314 e. The summed E-state index contributed by atoms with van der Waals surface area (Å²) in [6.07, 6.45) is 0.823. The molecule has 1 aromatic rings. The normalized spacial score (nSPS) is 10.5. The zero-order valence-corrected chi connectivity index (χ0v) is 13.0. The summed E-state index contributed by atoms with van der Waals surface area (Å²) >= 11 is 0. The van der Waals surface area contributed by atoms with Gasteiger partial charge in [0.2, 0.25) is 0 Å². The van der Waals surface area contributed by atoms with Gasteiger partial charge in [-0.15, -0.1) is 0 Å². The second kappa shape index (κ2) is 9.07. The fraction of sp³-hybridized carbons (Fsp3) is 0.533. The number of carbonyl (C=O) groups is 2. The summed E-state index contributed by atoms with van der Waals surface area (Å²) in [6, 6.07) is 5.25. The molecule has 6 heteroatoms. The standard InChI is InChI=1S/C15H24N4O2/c1-4-19(5-2)11-7-10-16-14(20)15(21)18-13-9-6-8-12(3)17-13/h6,8-9H,4-5,7,10-11H2,1-3H3,(H,16,20)(H,17,18,21). The molecule has 0 bridgehead atoms. The first-order valence-electron chi connectivity index (χ1n) is 7.32. The van der Waals surface area contributed by atoms with Crippen molar-refractivity contribution in [2.24, 2.45) is 0 Å². The van der Waals surface area contributed by atoms with E-state index in [1.54, 1.807) is 12.1 Å². The Morgan fingerprint density at radius 3 is 2.52 bits per heavy atom. The van der Waals surface area contributed by atoms with Gasteiger partial charge in [0.1, 0.15) is 5.82 Å². The van der Waals surface area contributed by atoms with Gasteiger partial charge in [-0.2, -0.15) is 0 Å². The highest BCUT2D eigenvalue weighted by molar-refractivity contribution is 6.39. The van der Waals surface area contributed by atoms with Crippen molar-refractivity contribution in [2.75, 3.05) is 31.5 Å². The van der Waals surface area contributed by atoms with Crippen LogP contribution in [0.15, 0.2) is 18.2 Å². The van der Waals surface area contributed by atoms with Gasteiger partial charge >= 0.3 is 11.8 Å². The molecule has 0 radical (unpaired) electrons. The SMILES string of the molecule is CCN(CC)CCCNC(=O)C(=O)Nc1cccc(C)n1. The van der Waals surface area contributed by atoms with Crippen LogP contribution in [0.1, 0.15) is 26.0 Å². The van der Waals surface area contributed by atoms with E-state index in [0.717, 1.165) is 31.7 Å². The molecule has 0 saturated heterocycles. The van der Waals surface area contributed by atoms with Crippen molar-refractivity contribution in [3.63, 3.8) is 0 Å².